The Kier molecular flexibility index (Phi) is 3.55. The number of benzene rings is 1. The van der Waals surface area contributed by atoms with E-state index in [1.54, 1.807) is 6.08 Å². The molecule has 1 heteroatoms. The normalized spacial score (nSPS) is 10.8. The monoisotopic (exact) mass is 162 g/mol. The molecule has 0 spiro atoms. The summed E-state index contributed by atoms with van der Waals surface area (Å²) < 4.78 is 0. The van der Waals surface area contributed by atoms with Crippen LogP contribution in [0.4, 0.5) is 0 Å². The molecule has 12 heavy (non-hydrogen) atoms. The van der Waals surface area contributed by atoms with Crippen LogP contribution in [0.25, 0.3) is 0 Å². The van der Waals surface area contributed by atoms with Crippen LogP contribution in [-0.2, 0) is 6.42 Å². The van der Waals surface area contributed by atoms with Crippen molar-refractivity contribution < 1.29 is 5.11 Å². The Morgan fingerprint density at radius 2 is 1.83 bits per heavy atom. The van der Waals surface area contributed by atoms with Crippen molar-refractivity contribution >= 4 is 0 Å². The maximum atomic E-state index is 8.50. The fourth-order valence-electron chi connectivity index (χ4n) is 1.02. The van der Waals surface area contributed by atoms with Gasteiger partial charge in [0.15, 0.2) is 0 Å². The average molecular weight is 162 g/mol. The Morgan fingerprint density at radius 3 is 2.42 bits per heavy atom. The van der Waals surface area contributed by atoms with E-state index in [2.05, 4.69) is 31.2 Å². The van der Waals surface area contributed by atoms with Gasteiger partial charge in [-0.1, -0.05) is 42.0 Å². The number of aliphatic hydroxyl groups is 1. The lowest BCUT2D eigenvalue weighted by atomic mass is 10.1. The summed E-state index contributed by atoms with van der Waals surface area (Å²) in [5, 5.41) is 8.50. The first-order valence-electron chi connectivity index (χ1n) is 4.14. The van der Waals surface area contributed by atoms with Gasteiger partial charge in [0.1, 0.15) is 0 Å². The second-order valence-electron chi connectivity index (χ2n) is 2.84. The lowest BCUT2D eigenvalue weighted by Gasteiger charge is -1.96. The van der Waals surface area contributed by atoms with E-state index < -0.39 is 0 Å². The zero-order chi connectivity index (χ0) is 8.81. The molecule has 0 aliphatic rings. The lowest BCUT2D eigenvalue weighted by molar-refractivity contribution is 0.342. The van der Waals surface area contributed by atoms with E-state index in [1.165, 1.54) is 11.1 Å². The summed E-state index contributed by atoms with van der Waals surface area (Å²) in [6, 6.07) is 8.42. The Morgan fingerprint density at radius 1 is 1.17 bits per heavy atom. The number of aryl methyl sites for hydroxylation is 1. The van der Waals surface area contributed by atoms with Gasteiger partial charge in [-0.2, -0.15) is 0 Å². The van der Waals surface area contributed by atoms with Crippen molar-refractivity contribution in [3.63, 3.8) is 0 Å². The Labute approximate surface area is 73.4 Å². The molecule has 1 aromatic carbocycles. The largest absolute Gasteiger partial charge is 0.392 e. The van der Waals surface area contributed by atoms with Crippen LogP contribution >= 0.6 is 0 Å². The van der Waals surface area contributed by atoms with Crippen LogP contribution in [0.5, 0.6) is 0 Å². The predicted octanol–water partition coefficient (Wildman–Crippen LogP) is 2.09. The molecule has 0 aliphatic heterocycles. The third-order valence-corrected chi connectivity index (χ3v) is 1.75. The zero-order valence-electron chi connectivity index (χ0n) is 7.33. The first-order chi connectivity index (χ1) is 5.83. The molecule has 0 aromatic heterocycles. The van der Waals surface area contributed by atoms with Gasteiger partial charge in [0.2, 0.25) is 0 Å². The Balaban J connectivity index is 2.53. The van der Waals surface area contributed by atoms with E-state index in [0.717, 1.165) is 6.42 Å². The van der Waals surface area contributed by atoms with Crippen molar-refractivity contribution in [2.75, 3.05) is 6.61 Å². The minimum absolute atomic E-state index is 0.131. The van der Waals surface area contributed by atoms with Gasteiger partial charge < -0.3 is 5.11 Å². The van der Waals surface area contributed by atoms with Crippen LogP contribution in [-0.4, -0.2) is 11.7 Å². The molecule has 0 heterocycles. The highest BCUT2D eigenvalue weighted by Crippen LogP contribution is 2.03. The molecule has 0 bridgehead atoms. The molecule has 0 unspecified atom stereocenters. The summed E-state index contributed by atoms with van der Waals surface area (Å²) in [6.45, 7) is 2.21. The summed E-state index contributed by atoms with van der Waals surface area (Å²) in [7, 11) is 0. The molecule has 0 atom stereocenters. The summed E-state index contributed by atoms with van der Waals surface area (Å²) in [5.41, 5.74) is 2.56. The third kappa shape index (κ3) is 2.89. The number of allylic oxidation sites excluding steroid dienone is 1. The molecule has 1 aromatic rings. The lowest BCUT2D eigenvalue weighted by Crippen LogP contribution is -1.81. The van der Waals surface area contributed by atoms with Gasteiger partial charge in [0, 0.05) is 0 Å². The zero-order valence-corrected chi connectivity index (χ0v) is 7.33. The first-order valence-corrected chi connectivity index (χ1v) is 4.14. The second-order valence-corrected chi connectivity index (χ2v) is 2.84. The molecule has 1 N–H and O–H groups in total. The number of rotatable bonds is 3. The molecule has 0 saturated carbocycles. The first kappa shape index (κ1) is 9.01. The minimum Gasteiger partial charge on any atom is -0.392 e. The van der Waals surface area contributed by atoms with Gasteiger partial charge in [-0.3, -0.25) is 0 Å². The van der Waals surface area contributed by atoms with Crippen molar-refractivity contribution in [3.8, 4) is 0 Å². The van der Waals surface area contributed by atoms with Gasteiger partial charge in [0.05, 0.1) is 6.61 Å². The van der Waals surface area contributed by atoms with Crippen LogP contribution in [0.2, 0.25) is 0 Å². The van der Waals surface area contributed by atoms with Gasteiger partial charge in [-0.15, -0.1) is 0 Å². The van der Waals surface area contributed by atoms with E-state index in [9.17, 15) is 0 Å². The Hall–Kier alpha value is -1.08. The molecule has 0 amide bonds. The van der Waals surface area contributed by atoms with Crippen molar-refractivity contribution in [1.82, 2.24) is 0 Å². The molecule has 1 rings (SSSR count). The molecule has 0 aliphatic carbocycles. The van der Waals surface area contributed by atoms with Crippen LogP contribution in [0.3, 0.4) is 0 Å². The van der Waals surface area contributed by atoms with Crippen molar-refractivity contribution in [3.05, 3.63) is 47.5 Å². The van der Waals surface area contributed by atoms with E-state index in [1.807, 2.05) is 6.08 Å². The minimum atomic E-state index is 0.131. The topological polar surface area (TPSA) is 20.2 Å². The van der Waals surface area contributed by atoms with E-state index in [4.69, 9.17) is 5.11 Å². The maximum absolute atomic E-state index is 8.50. The standard InChI is InChI=1S/C11H14O/c1-10-5-7-11(8-6-10)4-2-3-9-12/h2-3,5-8,12H,4,9H2,1H3/b3-2-. The molecular formula is C11H14O. The van der Waals surface area contributed by atoms with Crippen molar-refractivity contribution in [1.29, 1.82) is 0 Å². The predicted molar refractivity (Wildman–Crippen MR) is 51.1 cm³/mol. The van der Waals surface area contributed by atoms with Crippen molar-refractivity contribution in [2.24, 2.45) is 0 Å². The van der Waals surface area contributed by atoms with Crippen LogP contribution in [0, 0.1) is 6.92 Å². The molecule has 1 nitrogen and oxygen atoms in total. The molecule has 0 radical (unpaired) electrons. The van der Waals surface area contributed by atoms with E-state index in [-0.39, 0.29) is 6.61 Å². The van der Waals surface area contributed by atoms with E-state index >= 15 is 0 Å². The highest BCUT2D eigenvalue weighted by Gasteiger charge is 1.87. The quantitative estimate of drug-likeness (QED) is 0.675. The van der Waals surface area contributed by atoms with Gasteiger partial charge in [-0.25, -0.2) is 0 Å². The highest BCUT2D eigenvalue weighted by molar-refractivity contribution is 5.22. The van der Waals surface area contributed by atoms with Crippen LogP contribution in [0.15, 0.2) is 36.4 Å². The summed E-state index contributed by atoms with van der Waals surface area (Å²) in [5.74, 6) is 0. The summed E-state index contributed by atoms with van der Waals surface area (Å²) >= 11 is 0. The fourth-order valence-corrected chi connectivity index (χ4v) is 1.02. The Bertz CT molecular complexity index is 246. The second kappa shape index (κ2) is 4.73. The molecule has 0 saturated heterocycles. The number of hydrogen-bond donors (Lipinski definition) is 1. The smallest absolute Gasteiger partial charge is 0.0612 e. The highest BCUT2D eigenvalue weighted by atomic mass is 16.2. The maximum Gasteiger partial charge on any atom is 0.0612 e. The fraction of sp³-hybridized carbons (Fsp3) is 0.273. The number of aliphatic hydroxyl groups excluding tert-OH is 1. The van der Waals surface area contributed by atoms with Gasteiger partial charge in [0.25, 0.3) is 0 Å². The van der Waals surface area contributed by atoms with Gasteiger partial charge in [-0.05, 0) is 18.9 Å². The van der Waals surface area contributed by atoms with E-state index in [0.29, 0.717) is 0 Å². The van der Waals surface area contributed by atoms with Crippen LogP contribution in [0.1, 0.15) is 11.1 Å². The third-order valence-electron chi connectivity index (χ3n) is 1.75. The van der Waals surface area contributed by atoms with Gasteiger partial charge >= 0.3 is 0 Å². The molecular weight excluding hydrogens is 148 g/mol. The summed E-state index contributed by atoms with van der Waals surface area (Å²) in [4.78, 5) is 0. The number of hydrogen-bond acceptors (Lipinski definition) is 1. The SMILES string of the molecule is Cc1ccc(C/C=C\CO)cc1. The molecule has 0 fully saturated rings. The van der Waals surface area contributed by atoms with Crippen LogP contribution < -0.4 is 0 Å². The van der Waals surface area contributed by atoms with Crippen molar-refractivity contribution in [2.45, 2.75) is 13.3 Å². The average Bonchev–Trinajstić information content (AvgIpc) is 2.09. The summed E-state index contributed by atoms with van der Waals surface area (Å²) in [6.07, 6.45) is 4.64. The molecule has 64 valence electrons.